The SMILES string of the molecule is N#CCOC(=O)c1ccc(Cl)c([N+](=O)[O-])c1. The van der Waals surface area contributed by atoms with Crippen LogP contribution in [0.5, 0.6) is 0 Å². The van der Waals surface area contributed by atoms with Crippen LogP contribution < -0.4 is 0 Å². The Morgan fingerprint density at radius 2 is 2.31 bits per heavy atom. The minimum atomic E-state index is -0.804. The molecular weight excluding hydrogens is 236 g/mol. The number of hydrogen-bond acceptors (Lipinski definition) is 5. The van der Waals surface area contributed by atoms with Crippen LogP contribution in [0.4, 0.5) is 5.69 Å². The maximum absolute atomic E-state index is 11.3. The molecule has 16 heavy (non-hydrogen) atoms. The molecule has 0 saturated carbocycles. The number of carbonyl (C=O) groups excluding carboxylic acids is 1. The van der Waals surface area contributed by atoms with Crippen molar-refractivity contribution in [3.8, 4) is 6.07 Å². The molecule has 0 aliphatic heterocycles. The standard InChI is InChI=1S/C9H5ClN2O4/c10-7-2-1-6(5-8(7)12(14)15)9(13)16-4-3-11/h1-2,5H,4H2. The van der Waals surface area contributed by atoms with Gasteiger partial charge in [-0.15, -0.1) is 0 Å². The summed E-state index contributed by atoms with van der Waals surface area (Å²) in [5.41, 5.74) is -0.403. The lowest BCUT2D eigenvalue weighted by atomic mass is 10.2. The van der Waals surface area contributed by atoms with Crippen LogP contribution in [-0.4, -0.2) is 17.5 Å². The van der Waals surface area contributed by atoms with Gasteiger partial charge < -0.3 is 4.74 Å². The molecule has 0 unspecified atom stereocenters. The highest BCUT2D eigenvalue weighted by Gasteiger charge is 2.16. The first-order valence-electron chi connectivity index (χ1n) is 4.04. The molecule has 0 radical (unpaired) electrons. The van der Waals surface area contributed by atoms with Crippen LogP contribution in [0.2, 0.25) is 5.02 Å². The van der Waals surface area contributed by atoms with Gasteiger partial charge in [-0.25, -0.2) is 4.79 Å². The molecule has 0 fully saturated rings. The van der Waals surface area contributed by atoms with E-state index >= 15 is 0 Å². The predicted molar refractivity (Wildman–Crippen MR) is 54.0 cm³/mol. The number of benzene rings is 1. The van der Waals surface area contributed by atoms with Crippen LogP contribution in [0.15, 0.2) is 18.2 Å². The van der Waals surface area contributed by atoms with Crippen molar-refractivity contribution in [1.82, 2.24) is 0 Å². The van der Waals surface area contributed by atoms with E-state index in [4.69, 9.17) is 16.9 Å². The summed E-state index contributed by atoms with van der Waals surface area (Å²) in [7, 11) is 0. The molecule has 0 aromatic heterocycles. The summed E-state index contributed by atoms with van der Waals surface area (Å²) in [6, 6.07) is 5.13. The second-order valence-corrected chi connectivity index (χ2v) is 3.06. The van der Waals surface area contributed by atoms with Crippen molar-refractivity contribution in [2.24, 2.45) is 0 Å². The van der Waals surface area contributed by atoms with E-state index in [9.17, 15) is 14.9 Å². The van der Waals surface area contributed by atoms with Gasteiger partial charge in [0.15, 0.2) is 6.61 Å². The molecule has 0 spiro atoms. The van der Waals surface area contributed by atoms with Crippen LogP contribution in [0.3, 0.4) is 0 Å². The summed E-state index contributed by atoms with van der Waals surface area (Å²) >= 11 is 5.55. The summed E-state index contributed by atoms with van der Waals surface area (Å²) in [5, 5.41) is 18.7. The summed E-state index contributed by atoms with van der Waals surface area (Å²) < 4.78 is 4.49. The van der Waals surface area contributed by atoms with Crippen LogP contribution in [0.25, 0.3) is 0 Å². The van der Waals surface area contributed by atoms with Crippen molar-refractivity contribution in [2.45, 2.75) is 0 Å². The van der Waals surface area contributed by atoms with Crippen LogP contribution in [0, 0.1) is 21.4 Å². The molecule has 0 bridgehead atoms. The summed E-state index contributed by atoms with van der Waals surface area (Å²) in [6.07, 6.45) is 0. The molecule has 0 amide bonds. The number of ether oxygens (including phenoxy) is 1. The van der Waals surface area contributed by atoms with E-state index in [1.165, 1.54) is 12.1 Å². The van der Waals surface area contributed by atoms with E-state index < -0.39 is 17.5 Å². The van der Waals surface area contributed by atoms with E-state index in [1.807, 2.05) is 0 Å². The molecule has 0 atom stereocenters. The van der Waals surface area contributed by atoms with Gasteiger partial charge in [0.2, 0.25) is 0 Å². The molecule has 0 saturated heterocycles. The Labute approximate surface area is 95.2 Å². The van der Waals surface area contributed by atoms with Crippen LogP contribution in [-0.2, 0) is 4.74 Å². The van der Waals surface area contributed by atoms with Crippen molar-refractivity contribution < 1.29 is 14.5 Å². The number of esters is 1. The average Bonchev–Trinajstić information content (AvgIpc) is 2.26. The molecule has 1 aromatic carbocycles. The Balaban J connectivity index is 2.99. The molecule has 0 N–H and O–H groups in total. The number of nitro groups is 1. The van der Waals surface area contributed by atoms with Crippen molar-refractivity contribution in [3.05, 3.63) is 38.9 Å². The minimum Gasteiger partial charge on any atom is -0.447 e. The number of nitriles is 1. The largest absolute Gasteiger partial charge is 0.447 e. The molecule has 7 heteroatoms. The highest BCUT2D eigenvalue weighted by molar-refractivity contribution is 6.32. The Morgan fingerprint density at radius 1 is 1.62 bits per heavy atom. The lowest BCUT2D eigenvalue weighted by molar-refractivity contribution is -0.384. The summed E-state index contributed by atoms with van der Waals surface area (Å²) in [4.78, 5) is 21.1. The second kappa shape index (κ2) is 5.09. The van der Waals surface area contributed by atoms with Gasteiger partial charge in [0.25, 0.3) is 5.69 Å². The Kier molecular flexibility index (Phi) is 3.80. The number of carbonyl (C=O) groups is 1. The molecule has 0 heterocycles. The molecule has 0 aliphatic carbocycles. The van der Waals surface area contributed by atoms with E-state index in [0.717, 1.165) is 6.07 Å². The van der Waals surface area contributed by atoms with E-state index in [1.54, 1.807) is 6.07 Å². The Morgan fingerprint density at radius 3 is 2.88 bits per heavy atom. The zero-order valence-electron chi connectivity index (χ0n) is 7.84. The third kappa shape index (κ3) is 2.68. The van der Waals surface area contributed by atoms with E-state index in [0.29, 0.717) is 0 Å². The monoisotopic (exact) mass is 240 g/mol. The van der Waals surface area contributed by atoms with E-state index in [-0.39, 0.29) is 16.3 Å². The van der Waals surface area contributed by atoms with Gasteiger partial charge in [-0.3, -0.25) is 10.1 Å². The van der Waals surface area contributed by atoms with Gasteiger partial charge in [-0.2, -0.15) is 5.26 Å². The average molecular weight is 241 g/mol. The zero-order chi connectivity index (χ0) is 12.1. The quantitative estimate of drug-likeness (QED) is 0.457. The number of nitro benzene ring substituents is 1. The second-order valence-electron chi connectivity index (χ2n) is 2.66. The van der Waals surface area contributed by atoms with Crippen molar-refractivity contribution in [2.75, 3.05) is 6.61 Å². The summed E-state index contributed by atoms with van der Waals surface area (Å²) in [6.45, 7) is -0.407. The number of rotatable bonds is 3. The third-order valence-corrected chi connectivity index (χ3v) is 1.97. The predicted octanol–water partition coefficient (Wildman–Crippen LogP) is 1.93. The highest BCUT2D eigenvalue weighted by atomic mass is 35.5. The first kappa shape index (κ1) is 11.9. The Hall–Kier alpha value is -2.13. The smallest absolute Gasteiger partial charge is 0.339 e. The van der Waals surface area contributed by atoms with Gasteiger partial charge in [-0.05, 0) is 12.1 Å². The van der Waals surface area contributed by atoms with Crippen LogP contribution in [0.1, 0.15) is 10.4 Å². The summed E-state index contributed by atoms with van der Waals surface area (Å²) in [5.74, 6) is -0.804. The topological polar surface area (TPSA) is 93.2 Å². The highest BCUT2D eigenvalue weighted by Crippen LogP contribution is 2.25. The fraction of sp³-hybridized carbons (Fsp3) is 0.111. The lowest BCUT2D eigenvalue weighted by Crippen LogP contribution is -2.05. The van der Waals surface area contributed by atoms with Crippen molar-refractivity contribution >= 4 is 23.3 Å². The molecule has 1 rings (SSSR count). The van der Waals surface area contributed by atoms with E-state index in [2.05, 4.69) is 4.74 Å². The lowest BCUT2D eigenvalue weighted by Gasteiger charge is -2.01. The maximum Gasteiger partial charge on any atom is 0.339 e. The van der Waals surface area contributed by atoms with Gasteiger partial charge in [0.1, 0.15) is 11.1 Å². The number of hydrogen-bond donors (Lipinski definition) is 0. The van der Waals surface area contributed by atoms with Gasteiger partial charge in [0.05, 0.1) is 10.5 Å². The van der Waals surface area contributed by atoms with Gasteiger partial charge in [0, 0.05) is 6.07 Å². The molecule has 6 nitrogen and oxygen atoms in total. The van der Waals surface area contributed by atoms with Crippen molar-refractivity contribution in [3.63, 3.8) is 0 Å². The third-order valence-electron chi connectivity index (χ3n) is 1.65. The number of nitrogens with zero attached hydrogens (tertiary/aromatic N) is 2. The first-order chi connectivity index (χ1) is 7.56. The van der Waals surface area contributed by atoms with Crippen molar-refractivity contribution in [1.29, 1.82) is 5.26 Å². The number of halogens is 1. The molecule has 82 valence electrons. The Bertz CT molecular complexity index is 481. The molecular formula is C9H5ClN2O4. The normalized spacial score (nSPS) is 9.25. The van der Waals surface area contributed by atoms with Gasteiger partial charge in [-0.1, -0.05) is 11.6 Å². The zero-order valence-corrected chi connectivity index (χ0v) is 8.60. The maximum atomic E-state index is 11.3. The minimum absolute atomic E-state index is 0.0219. The fourth-order valence-corrected chi connectivity index (χ4v) is 1.15. The molecule has 0 aliphatic rings. The van der Waals surface area contributed by atoms with Crippen LogP contribution >= 0.6 is 11.6 Å². The van der Waals surface area contributed by atoms with Gasteiger partial charge >= 0.3 is 5.97 Å². The molecule has 1 aromatic rings. The fourth-order valence-electron chi connectivity index (χ4n) is 0.961. The first-order valence-corrected chi connectivity index (χ1v) is 4.42.